The summed E-state index contributed by atoms with van der Waals surface area (Å²) < 4.78 is 84.5. The molecule has 2 heterocycles. The number of ether oxygens (including phenoxy) is 3. The first kappa shape index (κ1) is 36.7. The van der Waals surface area contributed by atoms with Crippen molar-refractivity contribution < 1.29 is 55.7 Å². The molecule has 2 N–H and O–H groups in total. The van der Waals surface area contributed by atoms with Crippen molar-refractivity contribution >= 4 is 57.8 Å². The van der Waals surface area contributed by atoms with Crippen LogP contribution in [-0.2, 0) is 14.3 Å². The van der Waals surface area contributed by atoms with Crippen LogP contribution in [0.2, 0.25) is 0 Å². The Labute approximate surface area is 291 Å². The summed E-state index contributed by atoms with van der Waals surface area (Å²) in [7, 11) is 0. The van der Waals surface area contributed by atoms with Crippen LogP contribution in [0.5, 0.6) is 11.5 Å². The third-order valence-electron chi connectivity index (χ3n) is 7.46. The Balaban J connectivity index is 1.42. The van der Waals surface area contributed by atoms with Gasteiger partial charge in [0.05, 0.1) is 23.7 Å². The van der Waals surface area contributed by atoms with E-state index in [-0.39, 0.29) is 56.8 Å². The molecule has 17 heteroatoms. The van der Waals surface area contributed by atoms with Crippen LogP contribution in [0.1, 0.15) is 22.3 Å². The number of carbonyl (C=O) groups is 3. The van der Waals surface area contributed by atoms with Crippen molar-refractivity contribution in [2.45, 2.75) is 12.8 Å². The number of hydrogen-bond donors (Lipinski definition) is 2. The van der Waals surface area contributed by atoms with Crippen LogP contribution < -0.4 is 14.8 Å². The third kappa shape index (κ3) is 9.56. The van der Waals surface area contributed by atoms with Gasteiger partial charge in [-0.15, -0.1) is 13.2 Å². The van der Waals surface area contributed by atoms with E-state index >= 15 is 0 Å². The van der Waals surface area contributed by atoms with E-state index in [1.807, 2.05) is 4.90 Å². The number of anilines is 1. The van der Waals surface area contributed by atoms with E-state index in [0.717, 1.165) is 34.9 Å². The summed E-state index contributed by atoms with van der Waals surface area (Å²) in [4.78, 5) is 40.3. The second-order valence-electron chi connectivity index (χ2n) is 10.9. The monoisotopic (exact) mass is 737 g/mol. The molecular weight excluding hydrogens is 710 g/mol. The number of rotatable bonds is 12. The van der Waals surface area contributed by atoms with Crippen molar-refractivity contribution in [1.82, 2.24) is 9.80 Å². The van der Waals surface area contributed by atoms with Crippen LogP contribution in [0.15, 0.2) is 59.5 Å². The van der Waals surface area contributed by atoms with Crippen molar-refractivity contribution in [1.29, 1.82) is 0 Å². The van der Waals surface area contributed by atoms with Gasteiger partial charge in [0.1, 0.15) is 10.9 Å². The van der Waals surface area contributed by atoms with E-state index in [4.69, 9.17) is 26.8 Å². The largest absolute Gasteiger partial charge is 0.573 e. The van der Waals surface area contributed by atoms with E-state index < -0.39 is 41.5 Å². The van der Waals surface area contributed by atoms with Crippen LogP contribution in [0.4, 0.5) is 27.6 Å². The Morgan fingerprint density at radius 1 is 1.00 bits per heavy atom. The minimum atomic E-state index is -5.16. The second-order valence-corrected chi connectivity index (χ2v) is 12.6. The van der Waals surface area contributed by atoms with Gasteiger partial charge in [-0.2, -0.15) is 0 Å². The number of carboxylic acid groups (broad SMARTS) is 1. The van der Waals surface area contributed by atoms with Crippen molar-refractivity contribution in [2.24, 2.45) is 0 Å². The van der Waals surface area contributed by atoms with Gasteiger partial charge in [0.2, 0.25) is 5.91 Å². The minimum Gasteiger partial charge on any atom is -0.488 e. The number of aromatic carboxylic acids is 1. The van der Waals surface area contributed by atoms with Gasteiger partial charge in [-0.25, -0.2) is 13.6 Å². The van der Waals surface area contributed by atoms with Gasteiger partial charge in [-0.1, -0.05) is 30.0 Å². The lowest BCUT2D eigenvalue weighted by Crippen LogP contribution is -2.38. The number of carbonyl (C=O) groups excluding carboxylic acids is 2. The molecule has 3 aromatic carbocycles. The first-order valence-electron chi connectivity index (χ1n) is 15.0. The SMILES string of the molecule is O=C(CCN1C(=O)/C(=C/c2cc(-c3ccc(F)c(F)c3)cc(OC(F)(F)F)c2OCCN2CCOCC2)SC1=S)Nc1ccc(C(=O)O)cc1. The van der Waals surface area contributed by atoms with Gasteiger partial charge >= 0.3 is 12.3 Å². The highest BCUT2D eigenvalue weighted by atomic mass is 32.2. The van der Waals surface area contributed by atoms with Crippen LogP contribution in [0, 0.1) is 11.6 Å². The average molecular weight is 738 g/mol. The number of halogens is 5. The number of morpholine rings is 1. The maximum atomic E-state index is 14.2. The molecule has 0 unspecified atom stereocenters. The summed E-state index contributed by atoms with van der Waals surface area (Å²) in [6, 6.07) is 10.6. The molecule has 0 atom stereocenters. The zero-order chi connectivity index (χ0) is 36.0. The Bertz CT molecular complexity index is 1820. The smallest absolute Gasteiger partial charge is 0.488 e. The molecule has 10 nitrogen and oxygen atoms in total. The minimum absolute atomic E-state index is 0.00177. The third-order valence-corrected chi connectivity index (χ3v) is 8.84. The number of amides is 2. The molecule has 5 rings (SSSR count). The van der Waals surface area contributed by atoms with Crippen molar-refractivity contribution in [3.63, 3.8) is 0 Å². The second kappa shape index (κ2) is 16.0. The van der Waals surface area contributed by atoms with Gasteiger partial charge in [-0.3, -0.25) is 19.4 Å². The number of nitrogens with one attached hydrogen (secondary N) is 1. The molecule has 2 fully saturated rings. The normalized spacial score (nSPS) is 16.2. The highest BCUT2D eigenvalue weighted by molar-refractivity contribution is 8.26. The Morgan fingerprint density at radius 3 is 2.38 bits per heavy atom. The predicted octanol–water partition coefficient (Wildman–Crippen LogP) is 6.17. The summed E-state index contributed by atoms with van der Waals surface area (Å²) in [5, 5.41) is 11.6. The number of carboxylic acids is 1. The summed E-state index contributed by atoms with van der Waals surface area (Å²) in [6.45, 7) is 2.30. The number of thioether (sulfide) groups is 1. The fourth-order valence-corrected chi connectivity index (χ4v) is 6.30. The van der Waals surface area contributed by atoms with Gasteiger partial charge < -0.3 is 24.6 Å². The lowest BCUT2D eigenvalue weighted by atomic mass is 10.0. The van der Waals surface area contributed by atoms with E-state index in [9.17, 15) is 36.3 Å². The van der Waals surface area contributed by atoms with E-state index in [1.54, 1.807) is 0 Å². The fraction of sp³-hybridized carbons (Fsp3) is 0.273. The summed E-state index contributed by atoms with van der Waals surface area (Å²) >= 11 is 6.22. The van der Waals surface area contributed by atoms with Gasteiger partial charge in [-0.05, 0) is 65.7 Å². The Hall–Kier alpha value is -4.58. The average Bonchev–Trinajstić information content (AvgIpc) is 3.33. The molecule has 2 aliphatic heterocycles. The lowest BCUT2D eigenvalue weighted by molar-refractivity contribution is -0.275. The summed E-state index contributed by atoms with van der Waals surface area (Å²) in [5.74, 6) is -5.74. The Kier molecular flexibility index (Phi) is 11.7. The van der Waals surface area contributed by atoms with Crippen molar-refractivity contribution in [3.05, 3.63) is 82.3 Å². The lowest BCUT2D eigenvalue weighted by Gasteiger charge is -2.26. The molecule has 2 saturated heterocycles. The van der Waals surface area contributed by atoms with Crippen LogP contribution in [0.3, 0.4) is 0 Å². The molecule has 50 heavy (non-hydrogen) atoms. The first-order chi connectivity index (χ1) is 23.8. The molecule has 0 spiro atoms. The number of benzene rings is 3. The quantitative estimate of drug-likeness (QED) is 0.127. The zero-order valence-electron chi connectivity index (χ0n) is 25.9. The summed E-state index contributed by atoms with van der Waals surface area (Å²) in [6.07, 6.45) is -4.08. The predicted molar refractivity (Wildman–Crippen MR) is 178 cm³/mol. The van der Waals surface area contributed by atoms with Crippen molar-refractivity contribution in [3.8, 4) is 22.6 Å². The summed E-state index contributed by atoms with van der Waals surface area (Å²) in [5.41, 5.74) is 0.381. The highest BCUT2D eigenvalue weighted by Gasteiger charge is 2.35. The van der Waals surface area contributed by atoms with Gasteiger partial charge in [0.25, 0.3) is 5.91 Å². The molecule has 0 saturated carbocycles. The number of alkyl halides is 3. The van der Waals surface area contributed by atoms with Crippen LogP contribution in [-0.4, -0.2) is 89.4 Å². The first-order valence-corrected chi connectivity index (χ1v) is 16.2. The number of thiocarbonyl (C=S) groups is 1. The number of hydrogen-bond acceptors (Lipinski definition) is 9. The molecule has 0 aromatic heterocycles. The topological polar surface area (TPSA) is 118 Å². The molecule has 2 aliphatic rings. The molecule has 264 valence electrons. The molecule has 0 aliphatic carbocycles. The highest BCUT2D eigenvalue weighted by Crippen LogP contribution is 2.42. The standard InChI is InChI=1S/C33H28F5N3O7S2/c34-24-6-3-20(16-25(24)35)21-15-22(29(26(17-21)48-33(36,37)38)47-14-11-40-9-12-46-13-10-40)18-27-30(43)41(32(49)50-27)8-7-28(42)39-23-4-1-19(2-5-23)31(44)45/h1-6,15-18H,7-14H2,(H,39,42)(H,44,45)/b27-18-. The van der Waals surface area contributed by atoms with Crippen LogP contribution >= 0.6 is 24.0 Å². The van der Waals surface area contributed by atoms with Crippen LogP contribution in [0.25, 0.3) is 17.2 Å². The van der Waals surface area contributed by atoms with E-state index in [2.05, 4.69) is 10.1 Å². The zero-order valence-corrected chi connectivity index (χ0v) is 27.6. The molecule has 3 aromatic rings. The molecule has 0 radical (unpaired) electrons. The van der Waals surface area contributed by atoms with Gasteiger partial charge in [0, 0.05) is 43.9 Å². The fourth-order valence-electron chi connectivity index (χ4n) is 5.00. The molecular formula is C33H28F5N3O7S2. The van der Waals surface area contributed by atoms with Crippen molar-refractivity contribution in [2.75, 3.05) is 51.3 Å². The molecule has 0 bridgehead atoms. The number of nitrogens with zero attached hydrogens (tertiary/aromatic N) is 2. The molecule has 2 amide bonds. The van der Waals surface area contributed by atoms with Gasteiger partial charge in [0.15, 0.2) is 23.1 Å². The maximum Gasteiger partial charge on any atom is 0.573 e. The maximum absolute atomic E-state index is 14.2. The Morgan fingerprint density at radius 2 is 1.72 bits per heavy atom. The van der Waals surface area contributed by atoms with E-state index in [1.165, 1.54) is 42.5 Å². The van der Waals surface area contributed by atoms with E-state index in [0.29, 0.717) is 38.5 Å².